The molecule has 6 heteroatoms. The van der Waals surface area contributed by atoms with Crippen LogP contribution in [0.2, 0.25) is 5.02 Å². The molecule has 0 aromatic heterocycles. The number of amides is 1. The van der Waals surface area contributed by atoms with E-state index in [1.54, 1.807) is 24.3 Å². The second-order valence-corrected chi connectivity index (χ2v) is 4.69. The summed E-state index contributed by atoms with van der Waals surface area (Å²) >= 11 is 5.75. The van der Waals surface area contributed by atoms with E-state index in [-0.39, 0.29) is 12.3 Å². The third kappa shape index (κ3) is 7.63. The van der Waals surface area contributed by atoms with Gasteiger partial charge in [0.2, 0.25) is 5.91 Å². The number of carbonyl (C=O) groups excluding carboxylic acids is 1. The fraction of sp³-hybridized carbons (Fsp3) is 0.429. The molecular formula is C14H18ClNO4. The van der Waals surface area contributed by atoms with Crippen LogP contribution in [0.3, 0.4) is 0 Å². The van der Waals surface area contributed by atoms with Gasteiger partial charge in [0.25, 0.3) is 0 Å². The maximum atomic E-state index is 11.4. The zero-order valence-corrected chi connectivity index (χ0v) is 11.9. The number of carboxylic acids is 1. The summed E-state index contributed by atoms with van der Waals surface area (Å²) < 4.78 is 5.45. The van der Waals surface area contributed by atoms with Crippen molar-refractivity contribution in [1.82, 2.24) is 5.32 Å². The standard InChI is InChI=1S/C14H18ClNO4/c15-11-5-7-12(8-6-11)20-10-2-3-13(17)16-9-1-4-14(18)19/h5-8H,1-4,9-10H2,(H,16,17)(H,18,19). The van der Waals surface area contributed by atoms with Crippen molar-refractivity contribution in [3.8, 4) is 5.75 Å². The normalized spacial score (nSPS) is 10.1. The van der Waals surface area contributed by atoms with E-state index in [1.807, 2.05) is 0 Å². The van der Waals surface area contributed by atoms with E-state index in [9.17, 15) is 9.59 Å². The highest BCUT2D eigenvalue weighted by Gasteiger charge is 2.02. The lowest BCUT2D eigenvalue weighted by Gasteiger charge is -2.06. The van der Waals surface area contributed by atoms with Crippen LogP contribution in [0.25, 0.3) is 0 Å². The highest BCUT2D eigenvalue weighted by Crippen LogP contribution is 2.15. The van der Waals surface area contributed by atoms with E-state index in [0.29, 0.717) is 37.4 Å². The zero-order chi connectivity index (χ0) is 14.8. The van der Waals surface area contributed by atoms with E-state index in [1.165, 1.54) is 0 Å². The summed E-state index contributed by atoms with van der Waals surface area (Å²) in [7, 11) is 0. The summed E-state index contributed by atoms with van der Waals surface area (Å²) in [5.74, 6) is -0.220. The van der Waals surface area contributed by atoms with Gasteiger partial charge in [-0.3, -0.25) is 9.59 Å². The summed E-state index contributed by atoms with van der Waals surface area (Å²) in [5, 5.41) is 11.8. The summed E-state index contributed by atoms with van der Waals surface area (Å²) in [6, 6.07) is 7.03. The molecule has 0 aliphatic rings. The Morgan fingerprint density at radius 1 is 1.15 bits per heavy atom. The number of carboxylic acid groups (broad SMARTS) is 1. The van der Waals surface area contributed by atoms with Gasteiger partial charge >= 0.3 is 5.97 Å². The summed E-state index contributed by atoms with van der Waals surface area (Å²) in [4.78, 5) is 21.7. The van der Waals surface area contributed by atoms with E-state index in [0.717, 1.165) is 5.75 Å². The fourth-order valence-electron chi connectivity index (χ4n) is 1.51. The highest BCUT2D eigenvalue weighted by atomic mass is 35.5. The van der Waals surface area contributed by atoms with Crippen LogP contribution in [0.5, 0.6) is 5.75 Å². The van der Waals surface area contributed by atoms with Crippen molar-refractivity contribution in [1.29, 1.82) is 0 Å². The largest absolute Gasteiger partial charge is 0.494 e. The molecule has 0 unspecified atom stereocenters. The number of hydrogen-bond donors (Lipinski definition) is 2. The molecular weight excluding hydrogens is 282 g/mol. The molecule has 0 fully saturated rings. The van der Waals surface area contributed by atoms with Gasteiger partial charge in [-0.05, 0) is 37.1 Å². The van der Waals surface area contributed by atoms with Gasteiger partial charge in [-0.2, -0.15) is 0 Å². The molecule has 110 valence electrons. The Morgan fingerprint density at radius 2 is 1.85 bits per heavy atom. The van der Waals surface area contributed by atoms with Crippen LogP contribution < -0.4 is 10.1 Å². The SMILES string of the molecule is O=C(O)CCCNC(=O)CCCOc1ccc(Cl)cc1. The van der Waals surface area contributed by atoms with Crippen molar-refractivity contribution >= 4 is 23.5 Å². The Morgan fingerprint density at radius 3 is 2.50 bits per heavy atom. The second kappa shape index (κ2) is 9.20. The van der Waals surface area contributed by atoms with Crippen molar-refractivity contribution in [2.75, 3.05) is 13.2 Å². The first-order valence-electron chi connectivity index (χ1n) is 6.45. The molecule has 1 aromatic rings. The van der Waals surface area contributed by atoms with Crippen molar-refractivity contribution < 1.29 is 19.4 Å². The van der Waals surface area contributed by atoms with Crippen LogP contribution in [0.4, 0.5) is 0 Å². The molecule has 0 spiro atoms. The highest BCUT2D eigenvalue weighted by molar-refractivity contribution is 6.30. The van der Waals surface area contributed by atoms with E-state index in [2.05, 4.69) is 5.32 Å². The van der Waals surface area contributed by atoms with Crippen LogP contribution in [0.1, 0.15) is 25.7 Å². The molecule has 0 bridgehead atoms. The molecule has 2 N–H and O–H groups in total. The molecule has 0 saturated heterocycles. The van der Waals surface area contributed by atoms with Crippen molar-refractivity contribution in [2.24, 2.45) is 0 Å². The predicted molar refractivity (Wildman–Crippen MR) is 76.1 cm³/mol. The lowest BCUT2D eigenvalue weighted by molar-refractivity contribution is -0.137. The summed E-state index contributed by atoms with van der Waals surface area (Å²) in [6.45, 7) is 0.841. The third-order valence-electron chi connectivity index (χ3n) is 2.52. The summed E-state index contributed by atoms with van der Waals surface area (Å²) in [6.07, 6.45) is 1.48. The van der Waals surface area contributed by atoms with E-state index in [4.69, 9.17) is 21.4 Å². The maximum absolute atomic E-state index is 11.4. The Hall–Kier alpha value is -1.75. The van der Waals surface area contributed by atoms with Gasteiger partial charge in [0.1, 0.15) is 5.75 Å². The Balaban J connectivity index is 2.04. The Labute approximate surface area is 122 Å². The third-order valence-corrected chi connectivity index (χ3v) is 2.77. The minimum Gasteiger partial charge on any atom is -0.494 e. The minimum atomic E-state index is -0.851. The van der Waals surface area contributed by atoms with Crippen LogP contribution in [0, 0.1) is 0 Å². The topological polar surface area (TPSA) is 75.6 Å². The molecule has 0 radical (unpaired) electrons. The average Bonchev–Trinajstić information content (AvgIpc) is 2.41. The number of aliphatic carboxylic acids is 1. The zero-order valence-electron chi connectivity index (χ0n) is 11.1. The number of ether oxygens (including phenoxy) is 1. The summed E-state index contributed by atoms with van der Waals surface area (Å²) in [5.41, 5.74) is 0. The number of benzene rings is 1. The first-order valence-corrected chi connectivity index (χ1v) is 6.82. The molecule has 0 aliphatic heterocycles. The quantitative estimate of drug-likeness (QED) is 0.687. The van der Waals surface area contributed by atoms with E-state index >= 15 is 0 Å². The smallest absolute Gasteiger partial charge is 0.303 e. The van der Waals surface area contributed by atoms with Crippen molar-refractivity contribution in [2.45, 2.75) is 25.7 Å². The second-order valence-electron chi connectivity index (χ2n) is 4.25. The van der Waals surface area contributed by atoms with E-state index < -0.39 is 5.97 Å². The first-order chi connectivity index (χ1) is 9.58. The lowest BCUT2D eigenvalue weighted by atomic mass is 10.3. The molecule has 0 saturated carbocycles. The van der Waals surface area contributed by atoms with Crippen LogP contribution >= 0.6 is 11.6 Å². The molecule has 1 rings (SSSR count). The molecule has 0 heterocycles. The monoisotopic (exact) mass is 299 g/mol. The molecule has 1 aromatic carbocycles. The van der Waals surface area contributed by atoms with Crippen LogP contribution in [-0.4, -0.2) is 30.1 Å². The molecule has 5 nitrogen and oxygen atoms in total. The maximum Gasteiger partial charge on any atom is 0.303 e. The van der Waals surface area contributed by atoms with Gasteiger partial charge in [-0.25, -0.2) is 0 Å². The first kappa shape index (κ1) is 16.3. The lowest BCUT2D eigenvalue weighted by Crippen LogP contribution is -2.25. The number of hydrogen-bond acceptors (Lipinski definition) is 3. The predicted octanol–water partition coefficient (Wildman–Crippen LogP) is 2.48. The van der Waals surface area contributed by atoms with Crippen molar-refractivity contribution in [3.63, 3.8) is 0 Å². The fourth-order valence-corrected chi connectivity index (χ4v) is 1.64. The Bertz CT molecular complexity index is 433. The molecule has 0 atom stereocenters. The average molecular weight is 300 g/mol. The minimum absolute atomic E-state index is 0.0694. The van der Waals surface area contributed by atoms with Gasteiger partial charge in [-0.1, -0.05) is 11.6 Å². The molecule has 0 aliphatic carbocycles. The van der Waals surface area contributed by atoms with Gasteiger partial charge in [0.05, 0.1) is 6.61 Å². The van der Waals surface area contributed by atoms with Crippen LogP contribution in [-0.2, 0) is 9.59 Å². The molecule has 20 heavy (non-hydrogen) atoms. The number of halogens is 1. The number of carbonyl (C=O) groups is 2. The van der Waals surface area contributed by atoms with Gasteiger partial charge < -0.3 is 15.2 Å². The Kier molecular flexibility index (Phi) is 7.50. The molecule has 1 amide bonds. The van der Waals surface area contributed by atoms with Crippen LogP contribution in [0.15, 0.2) is 24.3 Å². The van der Waals surface area contributed by atoms with Gasteiger partial charge in [0, 0.05) is 24.4 Å². The van der Waals surface area contributed by atoms with Gasteiger partial charge in [0.15, 0.2) is 0 Å². The van der Waals surface area contributed by atoms with Gasteiger partial charge in [-0.15, -0.1) is 0 Å². The van der Waals surface area contributed by atoms with Crippen molar-refractivity contribution in [3.05, 3.63) is 29.3 Å². The number of nitrogens with one attached hydrogen (secondary N) is 1. The number of rotatable bonds is 9.